The summed E-state index contributed by atoms with van der Waals surface area (Å²) in [6.07, 6.45) is -5.82. The second-order valence-corrected chi connectivity index (χ2v) is 6.04. The monoisotopic (exact) mass is 411 g/mol. The Kier molecular flexibility index (Phi) is 6.62. The fourth-order valence-corrected chi connectivity index (χ4v) is 2.35. The number of benzene rings is 2. The minimum Gasteiger partial charge on any atom is -0.387 e. The molecule has 6 nitrogen and oxygen atoms in total. The van der Waals surface area contributed by atoms with Gasteiger partial charge in [-0.2, -0.15) is 18.4 Å². The summed E-state index contributed by atoms with van der Waals surface area (Å²) in [6.45, 7) is -0.404. The van der Waals surface area contributed by atoms with E-state index in [9.17, 15) is 27.9 Å². The lowest BCUT2D eigenvalue weighted by Gasteiger charge is -2.14. The van der Waals surface area contributed by atoms with Crippen LogP contribution in [0.5, 0.6) is 0 Å². The maximum absolute atomic E-state index is 12.5. The highest BCUT2D eigenvalue weighted by molar-refractivity contribution is 6.40. The molecule has 2 aromatic carbocycles. The van der Waals surface area contributed by atoms with E-state index in [1.807, 2.05) is 6.07 Å². The SMILES string of the molecule is N#Cc1ccc(Cl)cc1NC(=O)C(=O)NCC(O)c1ccc(C(F)(F)F)cc1. The molecule has 1 unspecified atom stereocenters. The number of nitriles is 1. The van der Waals surface area contributed by atoms with E-state index in [4.69, 9.17) is 16.9 Å². The topological polar surface area (TPSA) is 102 Å². The van der Waals surface area contributed by atoms with Gasteiger partial charge in [-0.1, -0.05) is 23.7 Å². The van der Waals surface area contributed by atoms with Crippen LogP contribution in [0.1, 0.15) is 22.8 Å². The van der Waals surface area contributed by atoms with Crippen molar-refractivity contribution in [3.05, 3.63) is 64.2 Å². The van der Waals surface area contributed by atoms with Crippen LogP contribution >= 0.6 is 11.6 Å². The molecule has 0 aromatic heterocycles. The molecule has 1 atom stereocenters. The van der Waals surface area contributed by atoms with Crippen molar-refractivity contribution in [3.8, 4) is 6.07 Å². The van der Waals surface area contributed by atoms with Gasteiger partial charge >= 0.3 is 18.0 Å². The lowest BCUT2D eigenvalue weighted by atomic mass is 10.1. The molecule has 0 spiro atoms. The molecule has 0 saturated carbocycles. The first kappa shape index (κ1) is 21.2. The average molecular weight is 412 g/mol. The molecule has 2 rings (SSSR count). The number of halogens is 4. The molecule has 2 aromatic rings. The molecule has 0 fully saturated rings. The molecule has 0 heterocycles. The van der Waals surface area contributed by atoms with Gasteiger partial charge in [0, 0.05) is 11.6 Å². The highest BCUT2D eigenvalue weighted by Gasteiger charge is 2.30. The Morgan fingerprint density at radius 3 is 2.36 bits per heavy atom. The number of amides is 2. The number of aliphatic hydroxyl groups is 1. The van der Waals surface area contributed by atoms with Crippen molar-refractivity contribution in [2.75, 3.05) is 11.9 Å². The molecule has 0 bridgehead atoms. The van der Waals surface area contributed by atoms with Crippen LogP contribution in [0.25, 0.3) is 0 Å². The number of rotatable bonds is 4. The first-order valence-electron chi connectivity index (χ1n) is 7.76. The van der Waals surface area contributed by atoms with Gasteiger partial charge in [0.2, 0.25) is 0 Å². The molecular weight excluding hydrogens is 399 g/mol. The summed E-state index contributed by atoms with van der Waals surface area (Å²) < 4.78 is 37.6. The summed E-state index contributed by atoms with van der Waals surface area (Å²) in [7, 11) is 0. The fraction of sp³-hybridized carbons (Fsp3) is 0.167. The summed E-state index contributed by atoms with van der Waals surface area (Å²) >= 11 is 5.78. The number of nitrogens with one attached hydrogen (secondary N) is 2. The molecule has 0 aliphatic rings. The number of aliphatic hydroxyl groups excluding tert-OH is 1. The number of carbonyl (C=O) groups excluding carboxylic acids is 2. The predicted molar refractivity (Wildman–Crippen MR) is 94.2 cm³/mol. The zero-order valence-electron chi connectivity index (χ0n) is 14.0. The normalized spacial score (nSPS) is 12.0. The van der Waals surface area contributed by atoms with Crippen LogP contribution in [0.2, 0.25) is 5.02 Å². The van der Waals surface area contributed by atoms with Crippen molar-refractivity contribution in [2.24, 2.45) is 0 Å². The van der Waals surface area contributed by atoms with Crippen LogP contribution in [0.3, 0.4) is 0 Å². The van der Waals surface area contributed by atoms with E-state index >= 15 is 0 Å². The number of hydrogen-bond donors (Lipinski definition) is 3. The molecule has 28 heavy (non-hydrogen) atoms. The third-order valence-electron chi connectivity index (χ3n) is 3.64. The molecule has 146 valence electrons. The Labute approximate surface area is 162 Å². The van der Waals surface area contributed by atoms with Gasteiger partial charge in [-0.3, -0.25) is 9.59 Å². The lowest BCUT2D eigenvalue weighted by Crippen LogP contribution is -2.37. The summed E-state index contributed by atoms with van der Waals surface area (Å²) in [6, 6.07) is 9.68. The van der Waals surface area contributed by atoms with Crippen molar-refractivity contribution < 1.29 is 27.9 Å². The van der Waals surface area contributed by atoms with Crippen molar-refractivity contribution >= 4 is 29.1 Å². The largest absolute Gasteiger partial charge is 0.416 e. The zero-order chi connectivity index (χ0) is 20.9. The van der Waals surface area contributed by atoms with Crippen LogP contribution < -0.4 is 10.6 Å². The number of anilines is 1. The Bertz CT molecular complexity index is 924. The Balaban J connectivity index is 1.95. The number of hydrogen-bond acceptors (Lipinski definition) is 4. The molecule has 0 aliphatic heterocycles. The smallest absolute Gasteiger partial charge is 0.387 e. The summed E-state index contributed by atoms with van der Waals surface area (Å²) in [4.78, 5) is 23.8. The van der Waals surface area contributed by atoms with Gasteiger partial charge in [-0.05, 0) is 35.9 Å². The van der Waals surface area contributed by atoms with Crippen molar-refractivity contribution in [3.63, 3.8) is 0 Å². The second-order valence-electron chi connectivity index (χ2n) is 5.60. The minimum atomic E-state index is -4.50. The molecule has 0 radical (unpaired) electrons. The number of alkyl halides is 3. The molecule has 0 saturated heterocycles. The maximum Gasteiger partial charge on any atom is 0.416 e. The van der Waals surface area contributed by atoms with Gasteiger partial charge in [0.05, 0.1) is 22.9 Å². The maximum atomic E-state index is 12.5. The summed E-state index contributed by atoms with van der Waals surface area (Å²) in [5.74, 6) is -2.20. The van der Waals surface area contributed by atoms with E-state index in [-0.39, 0.29) is 21.8 Å². The molecule has 3 N–H and O–H groups in total. The highest BCUT2D eigenvalue weighted by atomic mass is 35.5. The van der Waals surface area contributed by atoms with Gasteiger partial charge < -0.3 is 15.7 Å². The standard InChI is InChI=1S/C18H13ClF3N3O3/c19-13-6-3-11(8-23)14(7-13)25-17(28)16(27)24-9-15(26)10-1-4-12(5-2-10)18(20,21)22/h1-7,15,26H,9H2,(H,24,27)(H,25,28). The van der Waals surface area contributed by atoms with E-state index in [0.29, 0.717) is 0 Å². The summed E-state index contributed by atoms with van der Waals surface area (Å²) in [5, 5.41) is 23.6. The molecule has 10 heteroatoms. The Morgan fingerprint density at radius 1 is 1.14 bits per heavy atom. The van der Waals surface area contributed by atoms with Gasteiger partial charge in [0.15, 0.2) is 0 Å². The van der Waals surface area contributed by atoms with Crippen molar-refractivity contribution in [2.45, 2.75) is 12.3 Å². The Morgan fingerprint density at radius 2 is 1.79 bits per heavy atom. The third kappa shape index (κ3) is 5.45. The highest BCUT2D eigenvalue weighted by Crippen LogP contribution is 2.29. The first-order valence-corrected chi connectivity index (χ1v) is 8.13. The summed E-state index contributed by atoms with van der Waals surface area (Å²) in [5.41, 5.74) is -0.606. The van der Waals surface area contributed by atoms with Gasteiger partial charge in [0.25, 0.3) is 0 Å². The number of nitrogens with zero attached hydrogens (tertiary/aromatic N) is 1. The van der Waals surface area contributed by atoms with Gasteiger partial charge in [0.1, 0.15) is 6.07 Å². The zero-order valence-corrected chi connectivity index (χ0v) is 14.8. The van der Waals surface area contributed by atoms with E-state index in [2.05, 4.69) is 10.6 Å². The van der Waals surface area contributed by atoms with Crippen LogP contribution in [0.15, 0.2) is 42.5 Å². The molecule has 0 aliphatic carbocycles. The molecular formula is C18H13ClF3N3O3. The van der Waals surface area contributed by atoms with E-state index in [0.717, 1.165) is 24.3 Å². The average Bonchev–Trinajstić information content (AvgIpc) is 2.65. The third-order valence-corrected chi connectivity index (χ3v) is 3.87. The van der Waals surface area contributed by atoms with E-state index < -0.39 is 36.2 Å². The lowest BCUT2D eigenvalue weighted by molar-refractivity contribution is -0.137. The van der Waals surface area contributed by atoms with Crippen LogP contribution in [-0.2, 0) is 15.8 Å². The van der Waals surface area contributed by atoms with Gasteiger partial charge in [-0.25, -0.2) is 0 Å². The first-order chi connectivity index (χ1) is 13.1. The predicted octanol–water partition coefficient (Wildman–Crippen LogP) is 3.02. The fourth-order valence-electron chi connectivity index (χ4n) is 2.18. The van der Waals surface area contributed by atoms with E-state index in [1.165, 1.54) is 18.2 Å². The van der Waals surface area contributed by atoms with E-state index in [1.54, 1.807) is 0 Å². The number of carbonyl (C=O) groups is 2. The Hall–Kier alpha value is -3.09. The van der Waals surface area contributed by atoms with Crippen LogP contribution in [0, 0.1) is 11.3 Å². The van der Waals surface area contributed by atoms with Crippen LogP contribution in [0.4, 0.5) is 18.9 Å². The van der Waals surface area contributed by atoms with Crippen LogP contribution in [-0.4, -0.2) is 23.5 Å². The van der Waals surface area contributed by atoms with Crippen molar-refractivity contribution in [1.29, 1.82) is 5.26 Å². The quantitative estimate of drug-likeness (QED) is 0.673. The van der Waals surface area contributed by atoms with Gasteiger partial charge in [-0.15, -0.1) is 0 Å². The molecule has 2 amide bonds. The second kappa shape index (κ2) is 8.73. The minimum absolute atomic E-state index is 0.0402. The van der Waals surface area contributed by atoms with Crippen molar-refractivity contribution in [1.82, 2.24) is 5.32 Å².